The van der Waals surface area contributed by atoms with Crippen LogP contribution in [0.3, 0.4) is 0 Å². The van der Waals surface area contributed by atoms with E-state index in [0.717, 1.165) is 24.3 Å². The van der Waals surface area contributed by atoms with Crippen LogP contribution >= 0.6 is 24.0 Å². The Morgan fingerprint density at radius 1 is 1.24 bits per heavy atom. The summed E-state index contributed by atoms with van der Waals surface area (Å²) in [6.45, 7) is 4.14. The number of guanidine groups is 1. The molecule has 0 fully saturated rings. The molecule has 0 aliphatic rings. The molecule has 25 heavy (non-hydrogen) atoms. The van der Waals surface area contributed by atoms with Crippen LogP contribution in [0.2, 0.25) is 0 Å². The first-order chi connectivity index (χ1) is 11.7. The second-order valence-electron chi connectivity index (χ2n) is 5.12. The molecule has 1 rings (SSSR count). The minimum atomic E-state index is -0.0602. The summed E-state index contributed by atoms with van der Waals surface area (Å²) in [5.41, 5.74) is 0.835. The molecule has 0 saturated carbocycles. The predicted molar refractivity (Wildman–Crippen MR) is 112 cm³/mol. The van der Waals surface area contributed by atoms with Crippen LogP contribution in [0.5, 0.6) is 5.75 Å². The van der Waals surface area contributed by atoms with E-state index < -0.39 is 0 Å². The van der Waals surface area contributed by atoms with E-state index in [1.165, 1.54) is 0 Å². The van der Waals surface area contributed by atoms with E-state index >= 15 is 0 Å². The van der Waals surface area contributed by atoms with E-state index in [-0.39, 0.29) is 36.4 Å². The zero-order chi connectivity index (χ0) is 17.6. The molecule has 0 aliphatic carbocycles. The molecule has 8 heteroatoms. The van der Waals surface area contributed by atoms with E-state index in [1.807, 2.05) is 31.2 Å². The Hall–Kier alpha value is -1.55. The molecule has 0 aromatic heterocycles. The summed E-state index contributed by atoms with van der Waals surface area (Å²) < 4.78 is 10.7. The molecule has 0 radical (unpaired) electrons. The Kier molecular flexibility index (Phi) is 13.8. The van der Waals surface area contributed by atoms with Gasteiger partial charge < -0.3 is 25.4 Å². The molecule has 0 aliphatic heterocycles. The molecule has 0 bridgehead atoms. The van der Waals surface area contributed by atoms with Crippen molar-refractivity contribution >= 4 is 41.5 Å². The fourth-order valence-electron chi connectivity index (χ4n) is 1.86. The van der Waals surface area contributed by atoms with Crippen molar-refractivity contribution in [2.24, 2.45) is 4.99 Å². The Morgan fingerprint density at radius 2 is 2.04 bits per heavy atom. The Morgan fingerprint density at radius 3 is 2.72 bits per heavy atom. The van der Waals surface area contributed by atoms with Gasteiger partial charge in [0.1, 0.15) is 5.75 Å². The predicted octanol–water partition coefficient (Wildman–Crippen LogP) is 2.23. The third-order valence-corrected chi connectivity index (χ3v) is 3.07. The number of hydrogen-bond donors (Lipinski definition) is 3. The molecular formula is C17H29IN4O3. The van der Waals surface area contributed by atoms with E-state index in [4.69, 9.17) is 9.47 Å². The zero-order valence-electron chi connectivity index (χ0n) is 15.1. The van der Waals surface area contributed by atoms with Crippen molar-refractivity contribution in [1.82, 2.24) is 10.6 Å². The van der Waals surface area contributed by atoms with Crippen molar-refractivity contribution < 1.29 is 14.3 Å². The highest BCUT2D eigenvalue weighted by Crippen LogP contribution is 2.17. The highest BCUT2D eigenvalue weighted by molar-refractivity contribution is 14.0. The van der Waals surface area contributed by atoms with E-state index in [9.17, 15) is 4.79 Å². The first-order valence-corrected chi connectivity index (χ1v) is 8.15. The van der Waals surface area contributed by atoms with Crippen LogP contribution in [0.15, 0.2) is 29.3 Å². The average Bonchev–Trinajstić information content (AvgIpc) is 2.60. The Balaban J connectivity index is 0.00000576. The number of nitrogens with zero attached hydrogens (tertiary/aromatic N) is 1. The van der Waals surface area contributed by atoms with Crippen molar-refractivity contribution in [1.29, 1.82) is 0 Å². The van der Waals surface area contributed by atoms with Crippen LogP contribution in [0.1, 0.15) is 19.8 Å². The van der Waals surface area contributed by atoms with Gasteiger partial charge in [0.15, 0.2) is 5.96 Å². The number of benzene rings is 1. The third-order valence-electron chi connectivity index (χ3n) is 3.07. The molecule has 0 saturated heterocycles. The van der Waals surface area contributed by atoms with Gasteiger partial charge in [0, 0.05) is 45.5 Å². The van der Waals surface area contributed by atoms with Gasteiger partial charge in [-0.05, 0) is 18.6 Å². The smallest absolute Gasteiger partial charge is 0.239 e. The maximum absolute atomic E-state index is 11.6. The highest BCUT2D eigenvalue weighted by atomic mass is 127. The van der Waals surface area contributed by atoms with Crippen LogP contribution in [-0.2, 0) is 9.53 Å². The van der Waals surface area contributed by atoms with Gasteiger partial charge in [-0.15, -0.1) is 24.0 Å². The summed E-state index contributed by atoms with van der Waals surface area (Å²) in [5, 5.41) is 8.92. The number of aliphatic imine (C=N–C) groups is 1. The van der Waals surface area contributed by atoms with Crippen LogP contribution in [0.4, 0.5) is 5.69 Å². The van der Waals surface area contributed by atoms with Crippen LogP contribution in [0.25, 0.3) is 0 Å². The molecule has 0 heterocycles. The summed E-state index contributed by atoms with van der Waals surface area (Å²) in [5.74, 6) is 1.24. The van der Waals surface area contributed by atoms with Crippen LogP contribution < -0.4 is 20.7 Å². The molecule has 0 atom stereocenters. The molecule has 0 spiro atoms. The van der Waals surface area contributed by atoms with Gasteiger partial charge in [0.05, 0.1) is 13.2 Å². The number of halogens is 1. The Labute approximate surface area is 167 Å². The summed E-state index contributed by atoms with van der Waals surface area (Å²) in [6, 6.07) is 7.59. The van der Waals surface area contributed by atoms with Gasteiger partial charge in [0.25, 0.3) is 0 Å². The molecule has 1 aromatic carbocycles. The van der Waals surface area contributed by atoms with Crippen molar-refractivity contribution in [2.45, 2.75) is 19.8 Å². The summed E-state index contributed by atoms with van der Waals surface area (Å²) in [7, 11) is 3.33. The Bertz CT molecular complexity index is 526. The van der Waals surface area contributed by atoms with E-state index in [1.54, 1.807) is 14.2 Å². The molecule has 3 N–H and O–H groups in total. The van der Waals surface area contributed by atoms with Crippen molar-refractivity contribution in [3.8, 4) is 5.75 Å². The largest absolute Gasteiger partial charge is 0.493 e. The number of carbonyl (C=O) groups is 1. The normalized spacial score (nSPS) is 10.6. The lowest BCUT2D eigenvalue weighted by atomic mass is 10.3. The molecule has 1 aromatic rings. The SMILES string of the molecule is CCCNC(=O)CNC(=NC)Nc1cccc(OCCCOC)c1.I. The fourth-order valence-corrected chi connectivity index (χ4v) is 1.86. The van der Waals surface area contributed by atoms with Crippen LogP contribution in [0, 0.1) is 0 Å². The minimum absolute atomic E-state index is 0. The quantitative estimate of drug-likeness (QED) is 0.214. The number of methoxy groups -OCH3 is 1. The topological polar surface area (TPSA) is 84.0 Å². The number of amides is 1. The number of rotatable bonds is 10. The minimum Gasteiger partial charge on any atom is -0.493 e. The lowest BCUT2D eigenvalue weighted by Crippen LogP contribution is -2.40. The summed E-state index contributed by atoms with van der Waals surface area (Å²) in [4.78, 5) is 15.7. The fraction of sp³-hybridized carbons (Fsp3) is 0.529. The van der Waals surface area contributed by atoms with Crippen molar-refractivity contribution in [3.05, 3.63) is 24.3 Å². The third kappa shape index (κ3) is 10.8. The summed E-state index contributed by atoms with van der Waals surface area (Å²) in [6.07, 6.45) is 1.75. The molecule has 1 amide bonds. The van der Waals surface area contributed by atoms with Gasteiger partial charge >= 0.3 is 0 Å². The van der Waals surface area contributed by atoms with Gasteiger partial charge in [-0.2, -0.15) is 0 Å². The van der Waals surface area contributed by atoms with Gasteiger partial charge in [-0.25, -0.2) is 0 Å². The molecule has 0 unspecified atom stereocenters. The summed E-state index contributed by atoms with van der Waals surface area (Å²) >= 11 is 0. The number of nitrogens with one attached hydrogen (secondary N) is 3. The zero-order valence-corrected chi connectivity index (χ0v) is 17.5. The maximum Gasteiger partial charge on any atom is 0.239 e. The lowest BCUT2D eigenvalue weighted by Gasteiger charge is -2.13. The van der Waals surface area contributed by atoms with Crippen molar-refractivity contribution in [3.63, 3.8) is 0 Å². The van der Waals surface area contributed by atoms with Gasteiger partial charge in [0.2, 0.25) is 5.91 Å². The second-order valence-corrected chi connectivity index (χ2v) is 5.12. The number of hydrogen-bond acceptors (Lipinski definition) is 4. The lowest BCUT2D eigenvalue weighted by molar-refractivity contribution is -0.119. The highest BCUT2D eigenvalue weighted by Gasteiger charge is 2.04. The standard InChI is InChI=1S/C17H28N4O3.HI/c1-4-9-19-16(22)13-20-17(18-2)21-14-7-5-8-15(12-14)24-11-6-10-23-3;/h5,7-8,12H,4,6,9-11,13H2,1-3H3,(H,19,22)(H2,18,20,21);1H. The van der Waals surface area contributed by atoms with Crippen LogP contribution in [-0.4, -0.2) is 52.3 Å². The van der Waals surface area contributed by atoms with Crippen molar-refractivity contribution in [2.75, 3.05) is 45.8 Å². The molecular weight excluding hydrogens is 435 g/mol. The first kappa shape index (κ1) is 23.4. The molecule has 142 valence electrons. The average molecular weight is 464 g/mol. The molecule has 7 nitrogen and oxygen atoms in total. The first-order valence-electron chi connectivity index (χ1n) is 8.15. The van der Waals surface area contributed by atoms with Gasteiger partial charge in [-0.3, -0.25) is 9.79 Å². The van der Waals surface area contributed by atoms with E-state index in [0.29, 0.717) is 25.7 Å². The number of anilines is 1. The number of carbonyl (C=O) groups excluding carboxylic acids is 1. The monoisotopic (exact) mass is 464 g/mol. The van der Waals surface area contributed by atoms with E-state index in [2.05, 4.69) is 20.9 Å². The second kappa shape index (κ2) is 14.8. The van der Waals surface area contributed by atoms with Gasteiger partial charge in [-0.1, -0.05) is 13.0 Å². The number of ether oxygens (including phenoxy) is 2. The maximum atomic E-state index is 11.6.